The van der Waals surface area contributed by atoms with Gasteiger partial charge in [-0.1, -0.05) is 17.7 Å². The lowest BCUT2D eigenvalue weighted by Gasteiger charge is -2.04. The Bertz CT molecular complexity index is 875. The molecule has 2 aromatic heterocycles. The number of carbonyl (C=O) groups is 1. The van der Waals surface area contributed by atoms with E-state index in [-0.39, 0.29) is 5.91 Å². The zero-order valence-corrected chi connectivity index (χ0v) is 14.6. The Hall–Kier alpha value is -2.51. The number of aryl methyl sites for hydroxylation is 2. The van der Waals surface area contributed by atoms with Crippen molar-refractivity contribution >= 4 is 45.6 Å². The van der Waals surface area contributed by atoms with Gasteiger partial charge in [0.1, 0.15) is 5.69 Å². The number of anilines is 3. The first-order valence-corrected chi connectivity index (χ1v) is 8.37. The Kier molecular flexibility index (Phi) is 4.73. The van der Waals surface area contributed by atoms with Gasteiger partial charge in [-0.05, 0) is 38.1 Å². The normalized spacial score (nSPS) is 10.5. The number of hydrogen-bond donors (Lipinski definition) is 2. The van der Waals surface area contributed by atoms with Crippen LogP contribution >= 0.6 is 22.9 Å². The van der Waals surface area contributed by atoms with Crippen molar-refractivity contribution in [2.24, 2.45) is 0 Å². The second kappa shape index (κ2) is 6.94. The molecule has 0 spiro atoms. The molecule has 0 aliphatic carbocycles. The molecule has 0 aliphatic rings. The Morgan fingerprint density at radius 2 is 1.88 bits per heavy atom. The van der Waals surface area contributed by atoms with Crippen LogP contribution in [0.25, 0.3) is 0 Å². The lowest BCUT2D eigenvalue weighted by molar-refractivity contribution is 0.102. The summed E-state index contributed by atoms with van der Waals surface area (Å²) >= 11 is 7.21. The summed E-state index contributed by atoms with van der Waals surface area (Å²) in [6.45, 7) is 3.79. The summed E-state index contributed by atoms with van der Waals surface area (Å²) in [6.07, 6.45) is 0. The molecular weight excluding hydrogens is 346 g/mol. The van der Waals surface area contributed by atoms with Crippen molar-refractivity contribution in [1.82, 2.24) is 15.0 Å². The third kappa shape index (κ3) is 4.06. The van der Waals surface area contributed by atoms with Gasteiger partial charge in [0, 0.05) is 27.5 Å². The number of nitrogens with one attached hydrogen (secondary N) is 2. The third-order valence-corrected chi connectivity index (χ3v) is 4.01. The van der Waals surface area contributed by atoms with Crippen molar-refractivity contribution in [3.8, 4) is 0 Å². The lowest BCUT2D eigenvalue weighted by Crippen LogP contribution is -2.12. The Morgan fingerprint density at radius 3 is 2.58 bits per heavy atom. The van der Waals surface area contributed by atoms with Gasteiger partial charge in [-0.3, -0.25) is 4.79 Å². The molecule has 6 nitrogen and oxygen atoms in total. The van der Waals surface area contributed by atoms with E-state index in [9.17, 15) is 4.79 Å². The summed E-state index contributed by atoms with van der Waals surface area (Å²) in [7, 11) is 0. The maximum atomic E-state index is 12.2. The number of amides is 1. The van der Waals surface area contributed by atoms with Crippen LogP contribution in [0.2, 0.25) is 5.02 Å². The van der Waals surface area contributed by atoms with Gasteiger partial charge >= 0.3 is 0 Å². The molecule has 1 aromatic carbocycles. The smallest absolute Gasteiger partial charge is 0.275 e. The molecular formula is C16H14ClN5OS. The fourth-order valence-electron chi connectivity index (χ4n) is 2.07. The van der Waals surface area contributed by atoms with Crippen LogP contribution in [0.15, 0.2) is 35.7 Å². The average Bonchev–Trinajstić information content (AvgIpc) is 2.94. The Morgan fingerprint density at radius 1 is 1.12 bits per heavy atom. The van der Waals surface area contributed by atoms with Gasteiger partial charge in [0.25, 0.3) is 5.91 Å². The standard InChI is InChI=1S/C16H14ClN5OS/c1-9-6-10(2)19-15(18-9)22-16-21-13(8-24-16)14(23)20-12-5-3-4-11(17)7-12/h3-8H,1-2H3,(H,20,23)(H,18,19,21,22). The summed E-state index contributed by atoms with van der Waals surface area (Å²) in [5, 5.41) is 8.55. The van der Waals surface area contributed by atoms with E-state index >= 15 is 0 Å². The Balaban J connectivity index is 1.71. The molecule has 3 rings (SSSR count). The highest BCUT2D eigenvalue weighted by molar-refractivity contribution is 7.14. The molecule has 0 saturated carbocycles. The van der Waals surface area contributed by atoms with E-state index in [4.69, 9.17) is 11.6 Å². The summed E-state index contributed by atoms with van der Waals surface area (Å²) in [5.74, 6) is 0.159. The molecule has 0 unspecified atom stereocenters. The Labute approximate surface area is 148 Å². The molecule has 0 radical (unpaired) electrons. The zero-order chi connectivity index (χ0) is 17.1. The molecule has 0 bridgehead atoms. The van der Waals surface area contributed by atoms with Crippen LogP contribution < -0.4 is 10.6 Å². The van der Waals surface area contributed by atoms with Crippen molar-refractivity contribution in [1.29, 1.82) is 0 Å². The van der Waals surface area contributed by atoms with E-state index in [1.807, 2.05) is 19.9 Å². The van der Waals surface area contributed by atoms with Crippen molar-refractivity contribution in [3.05, 3.63) is 57.8 Å². The predicted octanol–water partition coefficient (Wildman–Crippen LogP) is 4.20. The number of carbonyl (C=O) groups excluding carboxylic acids is 1. The first-order valence-electron chi connectivity index (χ1n) is 7.11. The van der Waals surface area contributed by atoms with Crippen LogP contribution in [0.5, 0.6) is 0 Å². The van der Waals surface area contributed by atoms with Gasteiger partial charge in [-0.15, -0.1) is 11.3 Å². The predicted molar refractivity (Wildman–Crippen MR) is 96.3 cm³/mol. The number of aromatic nitrogens is 3. The second-order valence-corrected chi connectivity index (χ2v) is 6.40. The van der Waals surface area contributed by atoms with Crippen molar-refractivity contribution in [2.45, 2.75) is 13.8 Å². The minimum absolute atomic E-state index is 0.303. The minimum Gasteiger partial charge on any atom is -0.321 e. The lowest BCUT2D eigenvalue weighted by atomic mass is 10.3. The van der Waals surface area contributed by atoms with Gasteiger partial charge < -0.3 is 10.6 Å². The molecule has 0 aliphatic heterocycles. The molecule has 0 atom stereocenters. The number of halogens is 1. The van der Waals surface area contributed by atoms with Gasteiger partial charge in [0.05, 0.1) is 0 Å². The maximum Gasteiger partial charge on any atom is 0.275 e. The van der Waals surface area contributed by atoms with Gasteiger partial charge in [0.15, 0.2) is 5.13 Å². The number of thiazole rings is 1. The van der Waals surface area contributed by atoms with Crippen LogP contribution in [0.3, 0.4) is 0 Å². The molecule has 0 fully saturated rings. The van der Waals surface area contributed by atoms with Crippen molar-refractivity contribution < 1.29 is 4.79 Å². The van der Waals surface area contributed by atoms with Crippen molar-refractivity contribution in [2.75, 3.05) is 10.6 Å². The van der Waals surface area contributed by atoms with Gasteiger partial charge in [0.2, 0.25) is 5.95 Å². The molecule has 122 valence electrons. The SMILES string of the molecule is Cc1cc(C)nc(Nc2nc(C(=O)Nc3cccc(Cl)c3)cs2)n1. The quantitative estimate of drug-likeness (QED) is 0.729. The van der Waals surface area contributed by atoms with E-state index in [0.717, 1.165) is 11.4 Å². The van der Waals surface area contributed by atoms with Crippen LogP contribution in [-0.4, -0.2) is 20.9 Å². The monoisotopic (exact) mass is 359 g/mol. The largest absolute Gasteiger partial charge is 0.321 e. The molecule has 3 aromatic rings. The first kappa shape index (κ1) is 16.4. The third-order valence-electron chi connectivity index (χ3n) is 3.02. The molecule has 24 heavy (non-hydrogen) atoms. The van der Waals surface area contributed by atoms with E-state index < -0.39 is 0 Å². The fraction of sp³-hybridized carbons (Fsp3) is 0.125. The van der Waals surface area contributed by atoms with Crippen LogP contribution in [0.4, 0.5) is 16.8 Å². The van der Waals surface area contributed by atoms with Crippen molar-refractivity contribution in [3.63, 3.8) is 0 Å². The van der Waals surface area contributed by atoms with Crippen LogP contribution in [-0.2, 0) is 0 Å². The highest BCUT2D eigenvalue weighted by atomic mass is 35.5. The topological polar surface area (TPSA) is 79.8 Å². The number of hydrogen-bond acceptors (Lipinski definition) is 6. The fourth-order valence-corrected chi connectivity index (χ4v) is 2.95. The summed E-state index contributed by atoms with van der Waals surface area (Å²) < 4.78 is 0. The average molecular weight is 360 g/mol. The number of rotatable bonds is 4. The highest BCUT2D eigenvalue weighted by Crippen LogP contribution is 2.21. The summed E-state index contributed by atoms with van der Waals surface area (Å²) in [5.41, 5.74) is 2.65. The van der Waals surface area contributed by atoms with Gasteiger partial charge in [-0.2, -0.15) is 0 Å². The highest BCUT2D eigenvalue weighted by Gasteiger charge is 2.12. The number of benzene rings is 1. The van der Waals surface area contributed by atoms with Crippen LogP contribution in [0, 0.1) is 13.8 Å². The molecule has 1 amide bonds. The zero-order valence-electron chi connectivity index (χ0n) is 13.0. The molecule has 2 heterocycles. The van der Waals surface area contributed by atoms with Crippen LogP contribution in [0.1, 0.15) is 21.9 Å². The van der Waals surface area contributed by atoms with E-state index in [1.165, 1.54) is 11.3 Å². The number of nitrogens with zero attached hydrogens (tertiary/aromatic N) is 3. The molecule has 2 N–H and O–H groups in total. The van der Waals surface area contributed by atoms with Gasteiger partial charge in [-0.25, -0.2) is 15.0 Å². The maximum absolute atomic E-state index is 12.2. The van der Waals surface area contributed by atoms with E-state index in [2.05, 4.69) is 25.6 Å². The first-order chi connectivity index (χ1) is 11.5. The minimum atomic E-state index is -0.303. The van der Waals surface area contributed by atoms with E-state index in [1.54, 1.807) is 29.6 Å². The summed E-state index contributed by atoms with van der Waals surface area (Å²) in [4.78, 5) is 25.1. The van der Waals surface area contributed by atoms with E-state index in [0.29, 0.717) is 27.5 Å². The second-order valence-electron chi connectivity index (χ2n) is 5.10. The molecule has 8 heteroatoms. The summed E-state index contributed by atoms with van der Waals surface area (Å²) in [6, 6.07) is 8.83. The molecule has 0 saturated heterocycles.